The first-order valence-corrected chi connectivity index (χ1v) is 4.83. The molecule has 1 rings (SSSR count). The molecule has 0 aromatic heterocycles. The monoisotopic (exact) mass is 179 g/mol. The summed E-state index contributed by atoms with van der Waals surface area (Å²) in [5.41, 5.74) is 0.806. The van der Waals surface area contributed by atoms with E-state index in [1.807, 2.05) is 45.2 Å². The van der Waals surface area contributed by atoms with Gasteiger partial charge < -0.3 is 0 Å². The molecule has 0 saturated carbocycles. The Morgan fingerprint density at radius 2 is 2.00 bits per heavy atom. The van der Waals surface area contributed by atoms with Gasteiger partial charge >= 0.3 is 0 Å². The van der Waals surface area contributed by atoms with E-state index < -0.39 is 0 Å². The van der Waals surface area contributed by atoms with Crippen molar-refractivity contribution in [2.75, 3.05) is 7.05 Å². The quantitative estimate of drug-likeness (QED) is 0.548. The van der Waals surface area contributed by atoms with Gasteiger partial charge in [0, 0.05) is 4.90 Å². The van der Waals surface area contributed by atoms with E-state index in [0.717, 1.165) is 10.4 Å². The molecule has 0 aliphatic heterocycles. The largest absolute Gasteiger partial charge is 0.263 e. The van der Waals surface area contributed by atoms with Crippen molar-refractivity contribution in [3.05, 3.63) is 24.3 Å². The van der Waals surface area contributed by atoms with E-state index in [1.165, 1.54) is 0 Å². The fourth-order valence-electron chi connectivity index (χ4n) is 0.696. The SMILES string of the molecule is CC.[B]c1cccc(SNC)c1. The van der Waals surface area contributed by atoms with Gasteiger partial charge in [-0.3, -0.25) is 4.72 Å². The molecule has 0 saturated heterocycles. The van der Waals surface area contributed by atoms with Gasteiger partial charge in [0.1, 0.15) is 7.85 Å². The Morgan fingerprint density at radius 1 is 1.33 bits per heavy atom. The highest BCUT2D eigenvalue weighted by Crippen LogP contribution is 2.09. The van der Waals surface area contributed by atoms with Crippen molar-refractivity contribution in [2.24, 2.45) is 0 Å². The summed E-state index contributed by atoms with van der Waals surface area (Å²) in [6.45, 7) is 4.00. The van der Waals surface area contributed by atoms with E-state index in [9.17, 15) is 0 Å². The van der Waals surface area contributed by atoms with Crippen LogP contribution in [0.15, 0.2) is 29.2 Å². The zero-order valence-corrected chi connectivity index (χ0v) is 8.61. The summed E-state index contributed by atoms with van der Waals surface area (Å²) in [5, 5.41) is 0. The van der Waals surface area contributed by atoms with E-state index in [1.54, 1.807) is 11.9 Å². The van der Waals surface area contributed by atoms with Gasteiger partial charge in [0.2, 0.25) is 0 Å². The topological polar surface area (TPSA) is 12.0 Å². The van der Waals surface area contributed by atoms with E-state index in [4.69, 9.17) is 7.85 Å². The highest BCUT2D eigenvalue weighted by molar-refractivity contribution is 7.97. The van der Waals surface area contributed by atoms with E-state index in [-0.39, 0.29) is 0 Å². The Balaban J connectivity index is 0.000000561. The third-order valence-electron chi connectivity index (χ3n) is 1.08. The summed E-state index contributed by atoms with van der Waals surface area (Å²) >= 11 is 1.56. The number of benzene rings is 1. The first-order valence-electron chi connectivity index (χ1n) is 4.02. The van der Waals surface area contributed by atoms with Crippen molar-refractivity contribution in [3.63, 3.8) is 0 Å². The first kappa shape index (κ1) is 11.6. The van der Waals surface area contributed by atoms with Gasteiger partial charge in [0.05, 0.1) is 0 Å². The van der Waals surface area contributed by atoms with Crippen molar-refractivity contribution in [1.82, 2.24) is 4.72 Å². The van der Waals surface area contributed by atoms with Crippen LogP contribution in [0.25, 0.3) is 0 Å². The van der Waals surface area contributed by atoms with Crippen molar-refractivity contribution in [2.45, 2.75) is 18.7 Å². The van der Waals surface area contributed by atoms with Crippen LogP contribution in [0.2, 0.25) is 0 Å². The zero-order chi connectivity index (χ0) is 9.40. The van der Waals surface area contributed by atoms with Crippen molar-refractivity contribution in [1.29, 1.82) is 0 Å². The smallest absolute Gasteiger partial charge is 0.113 e. The molecule has 0 spiro atoms. The Kier molecular flexibility index (Phi) is 7.01. The van der Waals surface area contributed by atoms with Crippen molar-refractivity contribution >= 4 is 25.3 Å². The lowest BCUT2D eigenvalue weighted by Crippen LogP contribution is -2.01. The first-order chi connectivity index (χ1) is 5.83. The van der Waals surface area contributed by atoms with E-state index in [0.29, 0.717) is 0 Å². The standard InChI is InChI=1S/C7H8BNS.C2H6/c1-9-10-7-4-2-3-6(8)5-7;1-2/h2-5,9H,1H3;1-2H3. The molecule has 0 aliphatic rings. The Labute approximate surface area is 80.5 Å². The van der Waals surface area contributed by atoms with Gasteiger partial charge in [0.15, 0.2) is 0 Å². The lowest BCUT2D eigenvalue weighted by molar-refractivity contribution is 1.28. The molecule has 0 amide bonds. The number of hydrogen-bond donors (Lipinski definition) is 1. The maximum Gasteiger partial charge on any atom is 0.113 e. The van der Waals surface area contributed by atoms with Gasteiger partial charge in [-0.25, -0.2) is 0 Å². The summed E-state index contributed by atoms with van der Waals surface area (Å²) in [6.07, 6.45) is 0. The molecule has 0 bridgehead atoms. The van der Waals surface area contributed by atoms with Crippen molar-refractivity contribution < 1.29 is 0 Å². The molecule has 0 aliphatic carbocycles. The highest BCUT2D eigenvalue weighted by Gasteiger charge is 1.89. The van der Waals surface area contributed by atoms with Crippen LogP contribution in [0.3, 0.4) is 0 Å². The molecular weight excluding hydrogens is 165 g/mol. The molecule has 0 fully saturated rings. The molecule has 0 heterocycles. The fourth-order valence-corrected chi connectivity index (χ4v) is 1.27. The van der Waals surface area contributed by atoms with Gasteiger partial charge in [-0.15, -0.1) is 0 Å². The minimum Gasteiger partial charge on any atom is -0.263 e. The average Bonchev–Trinajstić information content (AvgIpc) is 2.09. The molecule has 1 nitrogen and oxygen atoms in total. The summed E-state index contributed by atoms with van der Waals surface area (Å²) in [4.78, 5) is 1.14. The molecule has 1 N–H and O–H groups in total. The van der Waals surface area contributed by atoms with Crippen LogP contribution in [0.5, 0.6) is 0 Å². The minimum absolute atomic E-state index is 0.806. The van der Waals surface area contributed by atoms with Crippen LogP contribution < -0.4 is 10.2 Å². The molecule has 12 heavy (non-hydrogen) atoms. The Hall–Kier alpha value is -0.405. The lowest BCUT2D eigenvalue weighted by Gasteiger charge is -1.98. The highest BCUT2D eigenvalue weighted by atomic mass is 32.2. The molecule has 64 valence electrons. The Morgan fingerprint density at radius 3 is 2.50 bits per heavy atom. The molecule has 2 radical (unpaired) electrons. The van der Waals surface area contributed by atoms with Crippen molar-refractivity contribution in [3.8, 4) is 0 Å². The van der Waals surface area contributed by atoms with Crippen LogP contribution in [0, 0.1) is 0 Å². The van der Waals surface area contributed by atoms with E-state index in [2.05, 4.69) is 4.72 Å². The minimum atomic E-state index is 0.806. The summed E-state index contributed by atoms with van der Waals surface area (Å²) < 4.78 is 2.97. The lowest BCUT2D eigenvalue weighted by atomic mass is 9.97. The van der Waals surface area contributed by atoms with Crippen LogP contribution >= 0.6 is 11.9 Å². The normalized spacial score (nSPS) is 8.58. The number of rotatable bonds is 2. The summed E-state index contributed by atoms with van der Waals surface area (Å²) in [6, 6.07) is 7.76. The molecule has 3 heteroatoms. The van der Waals surface area contributed by atoms with Crippen LogP contribution in [0.1, 0.15) is 13.8 Å². The fraction of sp³-hybridized carbons (Fsp3) is 0.333. The molecule has 1 aromatic rings. The predicted octanol–water partition coefficient (Wildman–Crippen LogP) is 1.73. The predicted molar refractivity (Wildman–Crippen MR) is 58.1 cm³/mol. The third kappa shape index (κ3) is 4.47. The summed E-state index contributed by atoms with van der Waals surface area (Å²) in [5.74, 6) is 0. The van der Waals surface area contributed by atoms with Gasteiger partial charge in [-0.05, 0) is 25.1 Å². The van der Waals surface area contributed by atoms with Gasteiger partial charge in [0.25, 0.3) is 0 Å². The second-order valence-electron chi connectivity index (χ2n) is 1.88. The van der Waals surface area contributed by atoms with E-state index >= 15 is 0 Å². The third-order valence-corrected chi connectivity index (χ3v) is 1.77. The average molecular weight is 179 g/mol. The second-order valence-corrected chi connectivity index (χ2v) is 2.96. The van der Waals surface area contributed by atoms with Gasteiger partial charge in [-0.2, -0.15) is 0 Å². The Bertz CT molecular complexity index is 215. The maximum absolute atomic E-state index is 5.55. The van der Waals surface area contributed by atoms with Gasteiger partial charge in [-0.1, -0.05) is 37.5 Å². The molecule has 0 atom stereocenters. The molecule has 0 unspecified atom stereocenters. The zero-order valence-electron chi connectivity index (χ0n) is 7.79. The maximum atomic E-state index is 5.55. The second kappa shape index (κ2) is 7.26. The van der Waals surface area contributed by atoms with Crippen LogP contribution in [0.4, 0.5) is 0 Å². The number of nitrogens with one attached hydrogen (secondary N) is 1. The summed E-state index contributed by atoms with van der Waals surface area (Å²) in [7, 11) is 7.43. The molecular formula is C9H14BNS. The number of hydrogen-bond acceptors (Lipinski definition) is 2. The van der Waals surface area contributed by atoms with Crippen LogP contribution in [-0.4, -0.2) is 14.9 Å². The molecule has 1 aromatic carbocycles. The van der Waals surface area contributed by atoms with Crippen LogP contribution in [-0.2, 0) is 0 Å².